The average molecular weight is 207 g/mol. The SMILES string of the molecule is NC1CC(=O)N(c2ncccc2CO)C1. The van der Waals surface area contributed by atoms with Crippen molar-refractivity contribution in [2.75, 3.05) is 11.4 Å². The lowest BCUT2D eigenvalue weighted by Gasteiger charge is -2.17. The van der Waals surface area contributed by atoms with Gasteiger partial charge in [0.2, 0.25) is 5.91 Å². The molecule has 1 aliphatic heterocycles. The Morgan fingerprint density at radius 3 is 3.07 bits per heavy atom. The fourth-order valence-corrected chi connectivity index (χ4v) is 1.74. The topological polar surface area (TPSA) is 79.5 Å². The van der Waals surface area contributed by atoms with Crippen molar-refractivity contribution in [2.45, 2.75) is 19.1 Å². The number of aromatic nitrogens is 1. The van der Waals surface area contributed by atoms with E-state index in [1.807, 2.05) is 0 Å². The van der Waals surface area contributed by atoms with E-state index in [2.05, 4.69) is 4.98 Å². The van der Waals surface area contributed by atoms with Gasteiger partial charge in [0.1, 0.15) is 5.82 Å². The normalized spacial score (nSPS) is 21.1. The van der Waals surface area contributed by atoms with Gasteiger partial charge in [0.25, 0.3) is 0 Å². The average Bonchev–Trinajstić information content (AvgIpc) is 2.57. The van der Waals surface area contributed by atoms with Crippen molar-refractivity contribution < 1.29 is 9.90 Å². The van der Waals surface area contributed by atoms with Crippen molar-refractivity contribution >= 4 is 11.7 Å². The highest BCUT2D eigenvalue weighted by Crippen LogP contribution is 2.22. The molecule has 0 aromatic carbocycles. The van der Waals surface area contributed by atoms with Crippen LogP contribution in [0.5, 0.6) is 0 Å². The molecule has 5 nitrogen and oxygen atoms in total. The zero-order valence-corrected chi connectivity index (χ0v) is 8.26. The first-order valence-corrected chi connectivity index (χ1v) is 4.83. The summed E-state index contributed by atoms with van der Waals surface area (Å²) in [6.07, 6.45) is 1.95. The number of carbonyl (C=O) groups excluding carboxylic acids is 1. The van der Waals surface area contributed by atoms with Gasteiger partial charge in [0, 0.05) is 30.8 Å². The maximum atomic E-state index is 11.6. The van der Waals surface area contributed by atoms with E-state index in [1.165, 1.54) is 4.90 Å². The number of rotatable bonds is 2. The highest BCUT2D eigenvalue weighted by Gasteiger charge is 2.29. The van der Waals surface area contributed by atoms with Crippen LogP contribution in [0.1, 0.15) is 12.0 Å². The number of anilines is 1. The summed E-state index contributed by atoms with van der Waals surface area (Å²) in [5.41, 5.74) is 6.34. The van der Waals surface area contributed by atoms with Gasteiger partial charge in [-0.25, -0.2) is 4.98 Å². The number of carbonyl (C=O) groups is 1. The number of hydrogen-bond donors (Lipinski definition) is 2. The molecule has 0 radical (unpaired) electrons. The van der Waals surface area contributed by atoms with E-state index in [0.717, 1.165) is 0 Å². The number of nitrogens with two attached hydrogens (primary N) is 1. The summed E-state index contributed by atoms with van der Waals surface area (Å²) < 4.78 is 0. The Labute approximate surface area is 87.5 Å². The molecule has 1 aromatic heterocycles. The van der Waals surface area contributed by atoms with Crippen LogP contribution in [-0.2, 0) is 11.4 Å². The molecule has 0 spiro atoms. The second-order valence-electron chi connectivity index (χ2n) is 3.61. The van der Waals surface area contributed by atoms with E-state index < -0.39 is 0 Å². The van der Waals surface area contributed by atoms with Crippen molar-refractivity contribution in [3.05, 3.63) is 23.9 Å². The fraction of sp³-hybridized carbons (Fsp3) is 0.400. The summed E-state index contributed by atoms with van der Waals surface area (Å²) in [5, 5.41) is 9.12. The van der Waals surface area contributed by atoms with Gasteiger partial charge in [-0.15, -0.1) is 0 Å². The van der Waals surface area contributed by atoms with Gasteiger partial charge in [0.05, 0.1) is 6.61 Å². The lowest BCUT2D eigenvalue weighted by molar-refractivity contribution is -0.117. The largest absolute Gasteiger partial charge is 0.392 e. The van der Waals surface area contributed by atoms with Crippen molar-refractivity contribution in [3.8, 4) is 0 Å². The van der Waals surface area contributed by atoms with Crippen molar-refractivity contribution in [3.63, 3.8) is 0 Å². The lowest BCUT2D eigenvalue weighted by Crippen LogP contribution is -2.29. The Hall–Kier alpha value is -1.46. The second-order valence-corrected chi connectivity index (χ2v) is 3.61. The minimum atomic E-state index is -0.133. The smallest absolute Gasteiger partial charge is 0.229 e. The molecule has 1 saturated heterocycles. The van der Waals surface area contributed by atoms with Crippen molar-refractivity contribution in [1.29, 1.82) is 0 Å². The molecule has 0 saturated carbocycles. The van der Waals surface area contributed by atoms with Crippen LogP contribution in [-0.4, -0.2) is 28.6 Å². The summed E-state index contributed by atoms with van der Waals surface area (Å²) >= 11 is 0. The molecule has 80 valence electrons. The summed E-state index contributed by atoms with van der Waals surface area (Å²) in [6, 6.07) is 3.35. The van der Waals surface area contributed by atoms with Gasteiger partial charge in [-0.2, -0.15) is 0 Å². The zero-order valence-electron chi connectivity index (χ0n) is 8.26. The minimum Gasteiger partial charge on any atom is -0.392 e. The fourth-order valence-electron chi connectivity index (χ4n) is 1.74. The van der Waals surface area contributed by atoms with Gasteiger partial charge < -0.3 is 10.8 Å². The number of pyridine rings is 1. The third kappa shape index (κ3) is 1.84. The van der Waals surface area contributed by atoms with E-state index in [1.54, 1.807) is 18.3 Å². The molecule has 1 amide bonds. The summed E-state index contributed by atoms with van der Waals surface area (Å²) in [5.74, 6) is 0.494. The Morgan fingerprint density at radius 1 is 1.67 bits per heavy atom. The van der Waals surface area contributed by atoms with Gasteiger partial charge in [0.15, 0.2) is 0 Å². The summed E-state index contributed by atoms with van der Waals surface area (Å²) in [4.78, 5) is 17.2. The molecule has 1 atom stereocenters. The van der Waals surface area contributed by atoms with Crippen LogP contribution in [0.2, 0.25) is 0 Å². The predicted molar refractivity (Wildman–Crippen MR) is 55.1 cm³/mol. The molecular weight excluding hydrogens is 194 g/mol. The second kappa shape index (κ2) is 3.96. The third-order valence-corrected chi connectivity index (χ3v) is 2.45. The monoisotopic (exact) mass is 207 g/mol. The molecule has 1 aliphatic rings. The first-order valence-electron chi connectivity index (χ1n) is 4.83. The maximum Gasteiger partial charge on any atom is 0.229 e. The van der Waals surface area contributed by atoms with Crippen LogP contribution >= 0.6 is 0 Å². The molecule has 0 aliphatic carbocycles. The zero-order chi connectivity index (χ0) is 10.8. The Kier molecular flexibility index (Phi) is 2.66. The maximum absolute atomic E-state index is 11.6. The number of aliphatic hydroxyl groups is 1. The van der Waals surface area contributed by atoms with E-state index in [0.29, 0.717) is 24.3 Å². The number of nitrogens with zero attached hydrogens (tertiary/aromatic N) is 2. The van der Waals surface area contributed by atoms with Crippen LogP contribution < -0.4 is 10.6 Å². The lowest BCUT2D eigenvalue weighted by atomic mass is 10.2. The highest BCUT2D eigenvalue weighted by molar-refractivity contribution is 5.95. The van der Waals surface area contributed by atoms with E-state index in [4.69, 9.17) is 10.8 Å². The van der Waals surface area contributed by atoms with Crippen LogP contribution in [0.4, 0.5) is 5.82 Å². The molecule has 0 bridgehead atoms. The molecule has 2 heterocycles. The predicted octanol–water partition coefficient (Wildman–Crippen LogP) is -0.362. The molecule has 2 rings (SSSR count). The summed E-state index contributed by atoms with van der Waals surface area (Å²) in [7, 11) is 0. The van der Waals surface area contributed by atoms with Gasteiger partial charge in [-0.3, -0.25) is 9.69 Å². The summed E-state index contributed by atoms with van der Waals surface area (Å²) in [6.45, 7) is 0.352. The Bertz CT molecular complexity index is 381. The molecule has 1 aromatic rings. The number of hydrogen-bond acceptors (Lipinski definition) is 4. The van der Waals surface area contributed by atoms with Crippen LogP contribution in [0.3, 0.4) is 0 Å². The molecule has 1 unspecified atom stereocenters. The Balaban J connectivity index is 2.33. The van der Waals surface area contributed by atoms with E-state index in [-0.39, 0.29) is 18.6 Å². The molecule has 15 heavy (non-hydrogen) atoms. The number of aliphatic hydroxyl groups excluding tert-OH is 1. The quantitative estimate of drug-likeness (QED) is 0.694. The van der Waals surface area contributed by atoms with Gasteiger partial charge in [-0.1, -0.05) is 6.07 Å². The van der Waals surface area contributed by atoms with E-state index in [9.17, 15) is 4.79 Å². The Morgan fingerprint density at radius 2 is 2.47 bits per heavy atom. The first-order chi connectivity index (χ1) is 7.22. The number of amides is 1. The van der Waals surface area contributed by atoms with Gasteiger partial charge in [-0.05, 0) is 6.07 Å². The van der Waals surface area contributed by atoms with Crippen LogP contribution in [0.15, 0.2) is 18.3 Å². The molecule has 5 heteroatoms. The minimum absolute atomic E-state index is 0.0316. The molecule has 3 N–H and O–H groups in total. The standard InChI is InChI=1S/C10H13N3O2/c11-8-4-9(15)13(5-8)10-7(6-14)2-1-3-12-10/h1-3,8,14H,4-6,11H2. The first kappa shape index (κ1) is 10.1. The van der Waals surface area contributed by atoms with Gasteiger partial charge >= 0.3 is 0 Å². The van der Waals surface area contributed by atoms with Crippen molar-refractivity contribution in [2.24, 2.45) is 5.73 Å². The van der Waals surface area contributed by atoms with Crippen LogP contribution in [0.25, 0.3) is 0 Å². The molecular formula is C10H13N3O2. The van der Waals surface area contributed by atoms with Crippen LogP contribution in [0, 0.1) is 0 Å². The highest BCUT2D eigenvalue weighted by atomic mass is 16.3. The van der Waals surface area contributed by atoms with E-state index >= 15 is 0 Å². The third-order valence-electron chi connectivity index (χ3n) is 2.45. The molecule has 1 fully saturated rings. The van der Waals surface area contributed by atoms with Crippen molar-refractivity contribution in [1.82, 2.24) is 4.98 Å².